The lowest BCUT2D eigenvalue weighted by molar-refractivity contribution is -0.0950. The van der Waals surface area contributed by atoms with Crippen LogP contribution in [0.3, 0.4) is 0 Å². The lowest BCUT2D eigenvalue weighted by Crippen LogP contribution is -2.44. The molecule has 0 amide bonds. The van der Waals surface area contributed by atoms with Crippen LogP contribution in [-0.4, -0.2) is 64.5 Å². The molecule has 0 bridgehead atoms. The molecule has 0 saturated carbocycles. The van der Waals surface area contributed by atoms with E-state index < -0.39 is 30.6 Å². The molecule has 10 nitrogen and oxygen atoms in total. The monoisotopic (exact) mass is 297 g/mol. The van der Waals surface area contributed by atoms with Crippen LogP contribution < -0.4 is 5.48 Å². The number of hydrogen-bond donors (Lipinski definition) is 5. The molecule has 0 aromatic carbocycles. The van der Waals surface area contributed by atoms with Crippen molar-refractivity contribution in [2.24, 2.45) is 0 Å². The van der Waals surface area contributed by atoms with Gasteiger partial charge in [0.25, 0.3) is 0 Å². The Kier molecular flexibility index (Phi) is 3.26. The summed E-state index contributed by atoms with van der Waals surface area (Å²) in [5, 5.41) is 38.6. The normalized spacial score (nSPS) is 32.7. The number of nitrogens with one attached hydrogen (secondary N) is 1. The summed E-state index contributed by atoms with van der Waals surface area (Å²) >= 11 is 0. The molecule has 3 rings (SSSR count). The van der Waals surface area contributed by atoms with Crippen LogP contribution in [0.4, 0.5) is 5.82 Å². The van der Waals surface area contributed by atoms with E-state index in [9.17, 15) is 15.3 Å². The molecular formula is C11H15N5O5. The number of nitrogens with zero attached hydrogens (tertiary/aromatic N) is 4. The second kappa shape index (κ2) is 4.86. The van der Waals surface area contributed by atoms with E-state index in [1.54, 1.807) is 0 Å². The Hall–Kier alpha value is -1.85. The molecule has 1 aliphatic rings. The third-order valence-electron chi connectivity index (χ3n) is 3.65. The van der Waals surface area contributed by atoms with Crippen molar-refractivity contribution in [1.82, 2.24) is 19.5 Å². The number of rotatable bonds is 3. The van der Waals surface area contributed by atoms with Crippen LogP contribution in [0, 0.1) is 0 Å². The van der Waals surface area contributed by atoms with Crippen molar-refractivity contribution in [3.63, 3.8) is 0 Å². The molecule has 10 heteroatoms. The van der Waals surface area contributed by atoms with Gasteiger partial charge in [-0.15, -0.1) is 0 Å². The molecule has 2 aromatic rings. The highest BCUT2D eigenvalue weighted by Gasteiger charge is 2.53. The fraction of sp³-hybridized carbons (Fsp3) is 0.545. The van der Waals surface area contributed by atoms with Crippen LogP contribution >= 0.6 is 0 Å². The molecule has 1 aliphatic heterocycles. The average Bonchev–Trinajstić information content (AvgIpc) is 2.99. The van der Waals surface area contributed by atoms with Gasteiger partial charge in [-0.05, 0) is 6.92 Å². The van der Waals surface area contributed by atoms with E-state index in [0.717, 1.165) is 0 Å². The SMILES string of the molecule is C[C@@]1(O)C(O)C(CO)O[C@H]1n1cnc2c(NO)ncnc21. The highest BCUT2D eigenvalue weighted by atomic mass is 16.6. The predicted octanol–water partition coefficient (Wildman–Crippen LogP) is -1.37. The largest absolute Gasteiger partial charge is 0.394 e. The summed E-state index contributed by atoms with van der Waals surface area (Å²) in [5.74, 6) is 0.107. The number of anilines is 1. The van der Waals surface area contributed by atoms with Crippen LogP contribution in [0.5, 0.6) is 0 Å². The van der Waals surface area contributed by atoms with Crippen molar-refractivity contribution in [2.45, 2.75) is 31.0 Å². The first kappa shape index (κ1) is 14.1. The summed E-state index contributed by atoms with van der Waals surface area (Å²) in [6.45, 7) is 0.967. The summed E-state index contributed by atoms with van der Waals surface area (Å²) in [6.07, 6.45) is -0.605. The first-order chi connectivity index (χ1) is 10.0. The van der Waals surface area contributed by atoms with Crippen LogP contribution in [-0.2, 0) is 4.74 Å². The number of aromatic nitrogens is 4. The van der Waals surface area contributed by atoms with Crippen molar-refractivity contribution in [2.75, 3.05) is 12.1 Å². The van der Waals surface area contributed by atoms with Gasteiger partial charge in [-0.2, -0.15) is 0 Å². The van der Waals surface area contributed by atoms with E-state index in [4.69, 9.17) is 9.94 Å². The Morgan fingerprint density at radius 3 is 2.81 bits per heavy atom. The standard InChI is InChI=1S/C11H15N5O5/c1-11(19)7(18)5(2-17)21-10(11)16-4-14-6-8(15-20)12-3-13-9(6)16/h3-5,7,10,17-20H,2H2,1H3,(H,12,13,15)/t5?,7?,10-,11-/m1/s1. The summed E-state index contributed by atoms with van der Waals surface area (Å²) < 4.78 is 6.91. The molecule has 4 atom stereocenters. The molecular weight excluding hydrogens is 282 g/mol. The van der Waals surface area contributed by atoms with Crippen molar-refractivity contribution >= 4 is 17.0 Å². The topological polar surface area (TPSA) is 146 Å². The number of fused-ring (bicyclic) bond motifs is 1. The minimum atomic E-state index is -1.64. The highest BCUT2D eigenvalue weighted by Crippen LogP contribution is 2.39. The van der Waals surface area contributed by atoms with E-state index in [2.05, 4.69) is 15.0 Å². The summed E-state index contributed by atoms with van der Waals surface area (Å²) in [6, 6.07) is 0. The number of ether oxygens (including phenoxy) is 1. The zero-order valence-corrected chi connectivity index (χ0v) is 11.1. The van der Waals surface area contributed by atoms with Gasteiger partial charge < -0.3 is 20.1 Å². The predicted molar refractivity (Wildman–Crippen MR) is 68.4 cm³/mol. The second-order valence-corrected chi connectivity index (χ2v) is 5.04. The van der Waals surface area contributed by atoms with Crippen LogP contribution in [0.1, 0.15) is 13.2 Å². The lowest BCUT2D eigenvalue weighted by Gasteiger charge is -2.27. The summed E-state index contributed by atoms with van der Waals surface area (Å²) in [4.78, 5) is 11.9. The lowest BCUT2D eigenvalue weighted by atomic mass is 9.96. The van der Waals surface area contributed by atoms with Gasteiger partial charge >= 0.3 is 0 Å². The number of aliphatic hydroxyl groups is 3. The Morgan fingerprint density at radius 2 is 2.19 bits per heavy atom. The fourth-order valence-corrected chi connectivity index (χ4v) is 2.50. The second-order valence-electron chi connectivity index (χ2n) is 5.04. The van der Waals surface area contributed by atoms with Gasteiger partial charge in [-0.3, -0.25) is 15.3 Å². The summed E-state index contributed by atoms with van der Waals surface area (Å²) in [5.41, 5.74) is 0.846. The molecule has 21 heavy (non-hydrogen) atoms. The van der Waals surface area contributed by atoms with Crippen LogP contribution in [0.25, 0.3) is 11.2 Å². The van der Waals surface area contributed by atoms with Gasteiger partial charge in [-0.1, -0.05) is 0 Å². The smallest absolute Gasteiger partial charge is 0.181 e. The quantitative estimate of drug-likeness (QED) is 0.433. The van der Waals surface area contributed by atoms with Crippen LogP contribution in [0.15, 0.2) is 12.7 Å². The Bertz CT molecular complexity index is 659. The van der Waals surface area contributed by atoms with Crippen LogP contribution in [0.2, 0.25) is 0 Å². The van der Waals surface area contributed by atoms with E-state index in [1.165, 1.54) is 24.1 Å². The zero-order chi connectivity index (χ0) is 15.2. The molecule has 5 N–H and O–H groups in total. The molecule has 2 aromatic heterocycles. The minimum Gasteiger partial charge on any atom is -0.394 e. The van der Waals surface area contributed by atoms with E-state index >= 15 is 0 Å². The van der Waals surface area contributed by atoms with E-state index in [0.29, 0.717) is 5.65 Å². The van der Waals surface area contributed by atoms with Crippen molar-refractivity contribution in [3.05, 3.63) is 12.7 Å². The first-order valence-electron chi connectivity index (χ1n) is 6.25. The molecule has 0 spiro atoms. The molecule has 114 valence electrons. The third-order valence-corrected chi connectivity index (χ3v) is 3.65. The Morgan fingerprint density at radius 1 is 1.43 bits per heavy atom. The maximum atomic E-state index is 10.4. The fourth-order valence-electron chi connectivity index (χ4n) is 2.50. The average molecular weight is 297 g/mol. The van der Waals surface area contributed by atoms with Gasteiger partial charge in [-0.25, -0.2) is 15.0 Å². The van der Waals surface area contributed by atoms with Gasteiger partial charge in [0.2, 0.25) is 0 Å². The number of hydrogen-bond acceptors (Lipinski definition) is 9. The maximum Gasteiger partial charge on any atom is 0.181 e. The van der Waals surface area contributed by atoms with Crippen molar-refractivity contribution in [3.8, 4) is 0 Å². The summed E-state index contributed by atoms with van der Waals surface area (Å²) in [7, 11) is 0. The zero-order valence-electron chi connectivity index (χ0n) is 11.1. The van der Waals surface area contributed by atoms with E-state index in [1.807, 2.05) is 5.48 Å². The molecule has 1 saturated heterocycles. The van der Waals surface area contributed by atoms with Crippen molar-refractivity contribution < 1.29 is 25.3 Å². The molecule has 3 heterocycles. The number of imidazole rings is 1. The highest BCUT2D eigenvalue weighted by molar-refractivity contribution is 5.82. The Balaban J connectivity index is 2.09. The molecule has 1 fully saturated rings. The van der Waals surface area contributed by atoms with Gasteiger partial charge in [0.15, 0.2) is 23.2 Å². The third kappa shape index (κ3) is 1.96. The molecule has 0 radical (unpaired) electrons. The minimum absolute atomic E-state index is 0.107. The first-order valence-corrected chi connectivity index (χ1v) is 6.25. The molecule has 2 unspecified atom stereocenters. The number of aliphatic hydroxyl groups excluding tert-OH is 2. The van der Waals surface area contributed by atoms with Gasteiger partial charge in [0, 0.05) is 0 Å². The molecule has 0 aliphatic carbocycles. The van der Waals surface area contributed by atoms with Gasteiger partial charge in [0.05, 0.1) is 12.9 Å². The Labute approximate surface area is 118 Å². The maximum absolute atomic E-state index is 10.4. The van der Waals surface area contributed by atoms with E-state index in [-0.39, 0.29) is 11.3 Å². The van der Waals surface area contributed by atoms with Gasteiger partial charge in [0.1, 0.15) is 24.1 Å². The van der Waals surface area contributed by atoms with Crippen molar-refractivity contribution in [1.29, 1.82) is 0 Å².